The van der Waals surface area contributed by atoms with Crippen LogP contribution in [0.5, 0.6) is 5.75 Å². The van der Waals surface area contributed by atoms with E-state index in [-0.39, 0.29) is 5.91 Å². The summed E-state index contributed by atoms with van der Waals surface area (Å²) in [5.74, 6) is 0.479. The minimum absolute atomic E-state index is 0.221. The number of amides is 1. The molecule has 0 atom stereocenters. The third-order valence-electron chi connectivity index (χ3n) is 4.25. The number of rotatable bonds is 5. The molecule has 0 bridgehead atoms. The van der Waals surface area contributed by atoms with Crippen LogP contribution in [0.3, 0.4) is 0 Å². The van der Waals surface area contributed by atoms with Crippen LogP contribution in [-0.2, 0) is 11.2 Å². The van der Waals surface area contributed by atoms with Crippen LogP contribution in [0, 0.1) is 0 Å². The molecular weight excluding hydrogens is 348 g/mol. The van der Waals surface area contributed by atoms with E-state index in [0.29, 0.717) is 29.6 Å². The number of ether oxygens (including phenoxy) is 2. The molecule has 0 radical (unpaired) electrons. The molecule has 1 aliphatic rings. The highest BCUT2D eigenvalue weighted by Crippen LogP contribution is 2.26. The first-order valence-electron chi connectivity index (χ1n) is 8.61. The molecule has 5 nitrogen and oxygen atoms in total. The molecule has 1 heterocycles. The van der Waals surface area contributed by atoms with Crippen LogP contribution in [-0.4, -0.2) is 37.9 Å². The van der Waals surface area contributed by atoms with Crippen LogP contribution in [0.2, 0.25) is 0 Å². The number of fused-ring (bicyclic) bond motifs is 1. The Morgan fingerprint density at radius 2 is 1.92 bits per heavy atom. The molecule has 0 aromatic heterocycles. The maximum Gasteiger partial charge on any atom is 0.257 e. The van der Waals surface area contributed by atoms with E-state index in [0.717, 1.165) is 25.1 Å². The lowest BCUT2D eigenvalue weighted by atomic mass is 10.0. The molecule has 0 unspecified atom stereocenters. The van der Waals surface area contributed by atoms with Crippen molar-refractivity contribution in [2.75, 3.05) is 31.8 Å². The summed E-state index contributed by atoms with van der Waals surface area (Å²) in [6.07, 6.45) is 2.05. The summed E-state index contributed by atoms with van der Waals surface area (Å²) >= 11 is 5.48. The number of nitrogens with one attached hydrogen (secondary N) is 1. The van der Waals surface area contributed by atoms with E-state index >= 15 is 0 Å². The Morgan fingerprint density at radius 3 is 2.69 bits per heavy atom. The summed E-state index contributed by atoms with van der Waals surface area (Å²) in [5, 5.41) is 3.27. The number of nitrogens with zero attached hydrogens (tertiary/aromatic N) is 1. The lowest BCUT2D eigenvalue weighted by Crippen LogP contribution is -2.45. The molecular formula is C20H22N2O3S. The number of anilines is 1. The number of thiocarbonyl (C=S) groups is 1. The number of aryl methyl sites for hydroxylation is 1. The van der Waals surface area contributed by atoms with E-state index in [2.05, 4.69) is 11.4 Å². The zero-order chi connectivity index (χ0) is 18.4. The Kier molecular flexibility index (Phi) is 6.20. The van der Waals surface area contributed by atoms with Crippen molar-refractivity contribution >= 4 is 28.9 Å². The fourth-order valence-electron chi connectivity index (χ4n) is 2.93. The molecule has 2 aromatic rings. The number of para-hydroxylation sites is 1. The zero-order valence-electron chi connectivity index (χ0n) is 14.7. The second-order valence-corrected chi connectivity index (χ2v) is 6.40. The van der Waals surface area contributed by atoms with Crippen LogP contribution in [0.4, 0.5) is 5.69 Å². The highest BCUT2D eigenvalue weighted by molar-refractivity contribution is 7.80. The van der Waals surface area contributed by atoms with Gasteiger partial charge in [-0.05, 0) is 61.0 Å². The van der Waals surface area contributed by atoms with Crippen LogP contribution in [0.1, 0.15) is 22.3 Å². The number of hydrogen-bond acceptors (Lipinski definition) is 4. The molecule has 0 fully saturated rings. The molecule has 1 N–H and O–H groups in total. The summed E-state index contributed by atoms with van der Waals surface area (Å²) in [6.45, 7) is 1.80. The summed E-state index contributed by atoms with van der Waals surface area (Å²) in [6, 6.07) is 15.2. The SMILES string of the molecule is COCCOc1ccc(C(=O)NC(=S)N2CCCc3ccccc32)cc1. The molecule has 6 heteroatoms. The number of carbonyl (C=O) groups is 1. The number of hydrogen-bond donors (Lipinski definition) is 1. The maximum atomic E-state index is 12.5. The highest BCUT2D eigenvalue weighted by Gasteiger charge is 2.21. The third-order valence-corrected chi connectivity index (χ3v) is 4.57. The van der Waals surface area contributed by atoms with E-state index in [1.54, 1.807) is 31.4 Å². The number of carbonyl (C=O) groups excluding carboxylic acids is 1. The standard InChI is InChI=1S/C20H22N2O3S/c1-24-13-14-25-17-10-8-16(9-11-17)19(23)21-20(26)22-12-4-6-15-5-2-3-7-18(15)22/h2-3,5,7-11H,4,6,12-14H2,1H3,(H,21,23,26). The van der Waals surface area contributed by atoms with E-state index in [1.807, 2.05) is 23.1 Å². The maximum absolute atomic E-state index is 12.5. The van der Waals surface area contributed by atoms with Crippen LogP contribution in [0.25, 0.3) is 0 Å². The highest BCUT2D eigenvalue weighted by atomic mass is 32.1. The summed E-state index contributed by atoms with van der Waals surface area (Å²) in [4.78, 5) is 14.5. The lowest BCUT2D eigenvalue weighted by Gasteiger charge is -2.31. The molecule has 0 aliphatic carbocycles. The smallest absolute Gasteiger partial charge is 0.257 e. The fourth-order valence-corrected chi connectivity index (χ4v) is 3.21. The average molecular weight is 370 g/mol. The Bertz CT molecular complexity index is 777. The fraction of sp³-hybridized carbons (Fsp3) is 0.300. The van der Waals surface area contributed by atoms with Gasteiger partial charge in [-0.3, -0.25) is 10.1 Å². The second kappa shape index (κ2) is 8.78. The van der Waals surface area contributed by atoms with E-state index < -0.39 is 0 Å². The van der Waals surface area contributed by atoms with Gasteiger partial charge in [0.05, 0.1) is 6.61 Å². The molecule has 136 valence electrons. The predicted molar refractivity (Wildman–Crippen MR) is 106 cm³/mol. The van der Waals surface area contributed by atoms with Crippen molar-refractivity contribution in [3.63, 3.8) is 0 Å². The van der Waals surface area contributed by atoms with Gasteiger partial charge in [-0.25, -0.2) is 0 Å². The van der Waals surface area contributed by atoms with Crippen LogP contribution < -0.4 is 15.0 Å². The summed E-state index contributed by atoms with van der Waals surface area (Å²) in [5.41, 5.74) is 2.87. The van der Waals surface area contributed by atoms with Crippen molar-refractivity contribution in [1.82, 2.24) is 5.32 Å². The zero-order valence-corrected chi connectivity index (χ0v) is 15.6. The van der Waals surface area contributed by atoms with E-state index in [1.165, 1.54) is 5.56 Å². The van der Waals surface area contributed by atoms with Gasteiger partial charge in [-0.15, -0.1) is 0 Å². The van der Waals surface area contributed by atoms with Crippen molar-refractivity contribution in [3.8, 4) is 5.75 Å². The molecule has 1 aliphatic heterocycles. The Balaban J connectivity index is 1.62. The minimum atomic E-state index is -0.221. The first-order valence-corrected chi connectivity index (χ1v) is 9.02. The van der Waals surface area contributed by atoms with Gasteiger partial charge in [0.25, 0.3) is 5.91 Å². The van der Waals surface area contributed by atoms with Gasteiger partial charge in [0.2, 0.25) is 0 Å². The number of methoxy groups -OCH3 is 1. The van der Waals surface area contributed by atoms with Gasteiger partial charge in [0, 0.05) is 24.9 Å². The van der Waals surface area contributed by atoms with Gasteiger partial charge in [-0.2, -0.15) is 0 Å². The quantitative estimate of drug-likeness (QED) is 0.647. The van der Waals surface area contributed by atoms with Crippen molar-refractivity contribution in [2.24, 2.45) is 0 Å². The summed E-state index contributed by atoms with van der Waals surface area (Å²) in [7, 11) is 1.63. The Labute approximate surface area is 158 Å². The van der Waals surface area contributed by atoms with Crippen molar-refractivity contribution < 1.29 is 14.3 Å². The molecule has 26 heavy (non-hydrogen) atoms. The topological polar surface area (TPSA) is 50.8 Å². The van der Waals surface area contributed by atoms with Crippen LogP contribution >= 0.6 is 12.2 Å². The largest absolute Gasteiger partial charge is 0.491 e. The molecule has 2 aromatic carbocycles. The average Bonchev–Trinajstić information content (AvgIpc) is 2.68. The minimum Gasteiger partial charge on any atom is -0.491 e. The van der Waals surface area contributed by atoms with Gasteiger partial charge >= 0.3 is 0 Å². The molecule has 1 amide bonds. The monoisotopic (exact) mass is 370 g/mol. The van der Waals surface area contributed by atoms with Gasteiger partial charge < -0.3 is 14.4 Å². The summed E-state index contributed by atoms with van der Waals surface area (Å²) < 4.78 is 10.4. The predicted octanol–water partition coefficient (Wildman–Crippen LogP) is 3.18. The molecule has 0 spiro atoms. The first-order chi connectivity index (χ1) is 12.7. The molecule has 0 saturated heterocycles. The molecule has 3 rings (SSSR count). The lowest BCUT2D eigenvalue weighted by molar-refractivity contribution is 0.0977. The molecule has 0 saturated carbocycles. The van der Waals surface area contributed by atoms with Crippen LogP contribution in [0.15, 0.2) is 48.5 Å². The van der Waals surface area contributed by atoms with Gasteiger partial charge in [0.15, 0.2) is 5.11 Å². The van der Waals surface area contributed by atoms with Crippen molar-refractivity contribution in [2.45, 2.75) is 12.8 Å². The van der Waals surface area contributed by atoms with Crippen molar-refractivity contribution in [3.05, 3.63) is 59.7 Å². The normalized spacial score (nSPS) is 13.0. The van der Waals surface area contributed by atoms with E-state index in [4.69, 9.17) is 21.7 Å². The second-order valence-electron chi connectivity index (χ2n) is 6.01. The Hall–Kier alpha value is -2.44. The van der Waals surface area contributed by atoms with Gasteiger partial charge in [-0.1, -0.05) is 18.2 Å². The number of benzene rings is 2. The van der Waals surface area contributed by atoms with E-state index in [9.17, 15) is 4.79 Å². The first kappa shape index (κ1) is 18.4. The Morgan fingerprint density at radius 1 is 1.15 bits per heavy atom. The van der Waals surface area contributed by atoms with Gasteiger partial charge in [0.1, 0.15) is 12.4 Å². The third kappa shape index (κ3) is 4.39. The van der Waals surface area contributed by atoms with Crippen molar-refractivity contribution in [1.29, 1.82) is 0 Å².